The Kier molecular flexibility index (Phi) is 9.54. The van der Waals surface area contributed by atoms with Crippen molar-refractivity contribution in [2.75, 3.05) is 12.0 Å². The van der Waals surface area contributed by atoms with Gasteiger partial charge in [-0.3, -0.25) is 9.59 Å². The van der Waals surface area contributed by atoms with E-state index < -0.39 is 0 Å². The number of nitrogens with zero attached hydrogens (tertiary/aromatic N) is 1. The lowest BCUT2D eigenvalue weighted by molar-refractivity contribution is -0.136. The quantitative estimate of drug-likeness (QED) is 0.437. The van der Waals surface area contributed by atoms with Crippen molar-refractivity contribution in [1.82, 2.24) is 0 Å². The SMILES string of the molecule is C=C(C)C(=O)OC.C=C(C)c1ccccc1.O=C1C=CC(=O)N1c1ccccc1. The summed E-state index contributed by atoms with van der Waals surface area (Å²) in [6.45, 7) is 10.8. The molecule has 1 heterocycles. The van der Waals surface area contributed by atoms with Crippen LogP contribution in [0.2, 0.25) is 0 Å². The van der Waals surface area contributed by atoms with Crippen LogP contribution in [0.3, 0.4) is 0 Å². The molecule has 2 aromatic rings. The van der Waals surface area contributed by atoms with Crippen LogP contribution in [0.25, 0.3) is 5.57 Å². The minimum atomic E-state index is -0.347. The Morgan fingerprint density at radius 2 is 1.28 bits per heavy atom. The number of allylic oxidation sites excluding steroid dienone is 1. The molecule has 0 spiro atoms. The van der Waals surface area contributed by atoms with Crippen molar-refractivity contribution in [3.8, 4) is 0 Å². The minimum Gasteiger partial charge on any atom is -0.466 e. The fourth-order valence-electron chi connectivity index (χ4n) is 2.13. The van der Waals surface area contributed by atoms with E-state index in [1.165, 1.54) is 24.8 Å². The summed E-state index contributed by atoms with van der Waals surface area (Å²) in [5.74, 6) is -0.910. The van der Waals surface area contributed by atoms with Gasteiger partial charge in [0.1, 0.15) is 0 Å². The van der Waals surface area contributed by atoms with Crippen LogP contribution in [-0.4, -0.2) is 24.9 Å². The molecule has 3 rings (SSSR count). The second-order valence-electron chi connectivity index (χ2n) is 6.10. The van der Waals surface area contributed by atoms with Gasteiger partial charge in [-0.05, 0) is 31.5 Å². The second-order valence-corrected chi connectivity index (χ2v) is 6.10. The Hall–Kier alpha value is -3.73. The Morgan fingerprint density at radius 3 is 1.59 bits per heavy atom. The molecule has 0 fully saturated rings. The zero-order chi connectivity index (χ0) is 21.8. The van der Waals surface area contributed by atoms with Gasteiger partial charge in [-0.1, -0.05) is 67.3 Å². The van der Waals surface area contributed by atoms with Crippen LogP contribution in [0.5, 0.6) is 0 Å². The van der Waals surface area contributed by atoms with Crippen LogP contribution in [0.4, 0.5) is 5.69 Å². The van der Waals surface area contributed by atoms with Gasteiger partial charge in [-0.15, -0.1) is 0 Å². The normalized spacial score (nSPS) is 11.6. The summed E-state index contributed by atoms with van der Waals surface area (Å²) in [6, 6.07) is 19.0. The lowest BCUT2D eigenvalue weighted by Crippen LogP contribution is -2.29. The number of amides is 2. The van der Waals surface area contributed by atoms with E-state index in [4.69, 9.17) is 0 Å². The maximum atomic E-state index is 11.2. The van der Waals surface area contributed by atoms with Gasteiger partial charge in [-0.2, -0.15) is 0 Å². The molecule has 1 aliphatic heterocycles. The third-order valence-electron chi connectivity index (χ3n) is 3.62. The van der Waals surface area contributed by atoms with Crippen molar-refractivity contribution in [1.29, 1.82) is 0 Å². The Labute approximate surface area is 171 Å². The van der Waals surface area contributed by atoms with E-state index in [9.17, 15) is 14.4 Å². The van der Waals surface area contributed by atoms with Gasteiger partial charge in [0, 0.05) is 17.7 Å². The third kappa shape index (κ3) is 7.81. The molecule has 0 aromatic heterocycles. The van der Waals surface area contributed by atoms with E-state index in [1.54, 1.807) is 31.2 Å². The standard InChI is InChI=1S/C10H7NO2.C9H10.C5H8O2/c12-9-6-7-10(13)11(9)8-4-2-1-3-5-8;1-8(2)9-6-4-3-5-7-9;1-4(2)5(6)7-3/h1-7H;3-7H,1H2,2H3;1H2,2-3H3. The highest BCUT2D eigenvalue weighted by Crippen LogP contribution is 2.17. The molecule has 5 nitrogen and oxygen atoms in total. The molecule has 150 valence electrons. The van der Waals surface area contributed by atoms with Crippen LogP contribution in [0.15, 0.2) is 91.5 Å². The van der Waals surface area contributed by atoms with Gasteiger partial charge >= 0.3 is 5.97 Å². The monoisotopic (exact) mass is 391 g/mol. The van der Waals surface area contributed by atoms with Gasteiger partial charge in [-0.25, -0.2) is 9.69 Å². The van der Waals surface area contributed by atoms with Crippen LogP contribution >= 0.6 is 0 Å². The highest BCUT2D eigenvalue weighted by molar-refractivity contribution is 6.28. The van der Waals surface area contributed by atoms with E-state index in [-0.39, 0.29) is 17.8 Å². The van der Waals surface area contributed by atoms with Gasteiger partial charge < -0.3 is 4.74 Å². The first-order valence-corrected chi connectivity index (χ1v) is 8.83. The topological polar surface area (TPSA) is 63.7 Å². The zero-order valence-electron chi connectivity index (χ0n) is 16.9. The predicted molar refractivity (Wildman–Crippen MR) is 116 cm³/mol. The summed E-state index contributed by atoms with van der Waals surface area (Å²) >= 11 is 0. The summed E-state index contributed by atoms with van der Waals surface area (Å²) in [5, 5.41) is 0. The lowest BCUT2D eigenvalue weighted by atomic mass is 10.1. The molecule has 2 amide bonds. The molecular weight excluding hydrogens is 366 g/mol. The molecule has 0 N–H and O–H groups in total. The van der Waals surface area contributed by atoms with Crippen molar-refractivity contribution in [2.45, 2.75) is 13.8 Å². The Balaban J connectivity index is 0.000000232. The fraction of sp³-hybridized carbons (Fsp3) is 0.125. The zero-order valence-corrected chi connectivity index (χ0v) is 16.9. The first-order valence-electron chi connectivity index (χ1n) is 8.83. The van der Waals surface area contributed by atoms with Gasteiger partial charge in [0.2, 0.25) is 0 Å². The first kappa shape index (κ1) is 23.3. The molecule has 2 aromatic carbocycles. The van der Waals surface area contributed by atoms with E-state index in [0.29, 0.717) is 11.3 Å². The fourth-order valence-corrected chi connectivity index (χ4v) is 2.13. The van der Waals surface area contributed by atoms with Gasteiger partial charge in [0.15, 0.2) is 0 Å². The number of imide groups is 1. The summed E-state index contributed by atoms with van der Waals surface area (Å²) in [4.78, 5) is 33.7. The van der Waals surface area contributed by atoms with Crippen LogP contribution in [0.1, 0.15) is 19.4 Å². The van der Waals surface area contributed by atoms with Crippen molar-refractivity contribution < 1.29 is 19.1 Å². The maximum Gasteiger partial charge on any atom is 0.332 e. The van der Waals surface area contributed by atoms with E-state index >= 15 is 0 Å². The number of rotatable bonds is 3. The molecule has 0 saturated heterocycles. The maximum absolute atomic E-state index is 11.2. The number of esters is 1. The molecule has 0 saturated carbocycles. The van der Waals surface area contributed by atoms with Crippen LogP contribution in [-0.2, 0) is 19.1 Å². The largest absolute Gasteiger partial charge is 0.466 e. The summed E-state index contributed by atoms with van der Waals surface area (Å²) in [6.07, 6.45) is 2.55. The van der Waals surface area contributed by atoms with Crippen molar-refractivity contribution in [3.05, 3.63) is 97.1 Å². The third-order valence-corrected chi connectivity index (χ3v) is 3.62. The molecule has 1 aliphatic rings. The highest BCUT2D eigenvalue weighted by atomic mass is 16.5. The van der Waals surface area contributed by atoms with E-state index in [1.807, 2.05) is 31.2 Å². The first-order chi connectivity index (χ1) is 13.8. The average Bonchev–Trinajstić information content (AvgIpc) is 3.07. The second kappa shape index (κ2) is 11.9. The average molecular weight is 391 g/mol. The molecule has 5 heteroatoms. The number of benzene rings is 2. The van der Waals surface area contributed by atoms with E-state index in [2.05, 4.69) is 30.0 Å². The molecule has 0 bridgehead atoms. The van der Waals surface area contributed by atoms with Crippen LogP contribution in [0, 0.1) is 0 Å². The molecular formula is C24H25NO4. The number of hydrogen-bond donors (Lipinski definition) is 0. The van der Waals surface area contributed by atoms with Gasteiger partial charge in [0.25, 0.3) is 11.8 Å². The number of para-hydroxylation sites is 1. The minimum absolute atomic E-state index is 0.281. The van der Waals surface area contributed by atoms with Crippen LogP contribution < -0.4 is 4.90 Å². The Morgan fingerprint density at radius 1 is 0.828 bits per heavy atom. The van der Waals surface area contributed by atoms with Gasteiger partial charge in [0.05, 0.1) is 12.8 Å². The van der Waals surface area contributed by atoms with Crippen molar-refractivity contribution in [3.63, 3.8) is 0 Å². The van der Waals surface area contributed by atoms with Crippen molar-refractivity contribution in [2.24, 2.45) is 0 Å². The molecule has 0 atom stereocenters. The number of hydrogen-bond acceptors (Lipinski definition) is 4. The highest BCUT2D eigenvalue weighted by Gasteiger charge is 2.24. The summed E-state index contributed by atoms with van der Waals surface area (Å²) in [7, 11) is 1.33. The number of ether oxygens (including phenoxy) is 1. The lowest BCUT2D eigenvalue weighted by Gasteiger charge is -2.12. The number of methoxy groups -OCH3 is 1. The molecule has 0 unspecified atom stereocenters. The Bertz CT molecular complexity index is 881. The predicted octanol–water partition coefficient (Wildman–Crippen LogP) is 4.57. The van der Waals surface area contributed by atoms with E-state index in [0.717, 1.165) is 10.5 Å². The number of anilines is 1. The molecule has 0 aliphatic carbocycles. The summed E-state index contributed by atoms with van der Waals surface area (Å²) in [5.41, 5.74) is 3.39. The molecule has 0 radical (unpaired) electrons. The number of carbonyl (C=O) groups excluding carboxylic acids is 3. The smallest absolute Gasteiger partial charge is 0.332 e. The molecule has 29 heavy (non-hydrogen) atoms. The summed E-state index contributed by atoms with van der Waals surface area (Å²) < 4.78 is 4.27. The number of carbonyl (C=O) groups is 3. The van der Waals surface area contributed by atoms with Crippen molar-refractivity contribution >= 4 is 29.0 Å².